The summed E-state index contributed by atoms with van der Waals surface area (Å²) in [6.07, 6.45) is 0. The van der Waals surface area contributed by atoms with Gasteiger partial charge in [0.2, 0.25) is 5.90 Å². The second kappa shape index (κ2) is 2.94. The number of nitrogens with one attached hydrogen (secondary N) is 2. The van der Waals surface area contributed by atoms with Gasteiger partial charge < -0.3 is 9.72 Å². The van der Waals surface area contributed by atoms with Crippen molar-refractivity contribution in [1.29, 1.82) is 5.41 Å². The summed E-state index contributed by atoms with van der Waals surface area (Å²) in [7, 11) is 1.49. The van der Waals surface area contributed by atoms with Crippen molar-refractivity contribution in [2.24, 2.45) is 0 Å². The van der Waals surface area contributed by atoms with Crippen LogP contribution in [0.3, 0.4) is 0 Å². The van der Waals surface area contributed by atoms with Gasteiger partial charge in [-0.3, -0.25) is 5.41 Å². The molecule has 0 bridgehead atoms. The maximum atomic E-state index is 7.46. The highest BCUT2D eigenvalue weighted by Gasteiger charge is 2.04. The summed E-state index contributed by atoms with van der Waals surface area (Å²) in [6, 6.07) is 9.80. The fraction of sp³-hybridized carbons (Fsp3) is 0.100. The molecule has 0 saturated carbocycles. The summed E-state index contributed by atoms with van der Waals surface area (Å²) in [4.78, 5) is 3.10. The summed E-state index contributed by atoms with van der Waals surface area (Å²) in [5.74, 6) is 0.163. The topological polar surface area (TPSA) is 48.9 Å². The van der Waals surface area contributed by atoms with Gasteiger partial charge in [-0.05, 0) is 12.1 Å². The van der Waals surface area contributed by atoms with Crippen molar-refractivity contribution in [3.63, 3.8) is 0 Å². The summed E-state index contributed by atoms with van der Waals surface area (Å²) in [5.41, 5.74) is 1.74. The number of ether oxygens (including phenoxy) is 1. The minimum atomic E-state index is 0.163. The lowest BCUT2D eigenvalue weighted by atomic mass is 10.2. The molecule has 2 N–H and O–H groups in total. The Bertz CT molecular complexity index is 412. The molecule has 2 aromatic rings. The molecule has 0 aliphatic rings. The average molecular weight is 174 g/mol. The van der Waals surface area contributed by atoms with Crippen LogP contribution in [-0.4, -0.2) is 18.0 Å². The minimum Gasteiger partial charge on any atom is -0.480 e. The predicted molar refractivity (Wildman–Crippen MR) is 52.1 cm³/mol. The van der Waals surface area contributed by atoms with Gasteiger partial charge in [0.05, 0.1) is 7.11 Å². The van der Waals surface area contributed by atoms with Crippen molar-refractivity contribution in [3.05, 3.63) is 36.0 Å². The van der Waals surface area contributed by atoms with Gasteiger partial charge in [-0.25, -0.2) is 0 Å². The minimum absolute atomic E-state index is 0.163. The first-order valence-corrected chi connectivity index (χ1v) is 4.02. The standard InChI is InChI=1S/C10H10N2O/c1-13-10(11)9-6-7-4-2-3-5-8(7)12-9/h2-6,11-12H,1H3. The lowest BCUT2D eigenvalue weighted by molar-refractivity contribution is 0.400. The second-order valence-corrected chi connectivity index (χ2v) is 2.80. The first kappa shape index (κ1) is 7.86. The van der Waals surface area contributed by atoms with Gasteiger partial charge in [0.15, 0.2) is 0 Å². The summed E-state index contributed by atoms with van der Waals surface area (Å²) >= 11 is 0. The van der Waals surface area contributed by atoms with Crippen LogP contribution in [-0.2, 0) is 4.74 Å². The number of fused-ring (bicyclic) bond motifs is 1. The van der Waals surface area contributed by atoms with E-state index in [9.17, 15) is 0 Å². The molecule has 1 aromatic carbocycles. The SMILES string of the molecule is COC(=N)c1cc2ccccc2[nH]1. The fourth-order valence-corrected chi connectivity index (χ4v) is 1.31. The molecule has 0 unspecified atom stereocenters. The largest absolute Gasteiger partial charge is 0.480 e. The third kappa shape index (κ3) is 1.28. The zero-order valence-corrected chi connectivity index (χ0v) is 7.29. The molecule has 0 aliphatic carbocycles. The summed E-state index contributed by atoms with van der Waals surface area (Å²) in [5, 5.41) is 8.55. The molecule has 1 aromatic heterocycles. The van der Waals surface area contributed by atoms with E-state index in [2.05, 4.69) is 4.98 Å². The Morgan fingerprint density at radius 1 is 1.38 bits per heavy atom. The third-order valence-corrected chi connectivity index (χ3v) is 1.98. The van der Waals surface area contributed by atoms with Crippen LogP contribution >= 0.6 is 0 Å². The van der Waals surface area contributed by atoms with E-state index in [1.807, 2.05) is 30.3 Å². The Labute approximate surface area is 75.9 Å². The second-order valence-electron chi connectivity index (χ2n) is 2.80. The zero-order chi connectivity index (χ0) is 9.26. The molecule has 1 heterocycles. The molecule has 0 fully saturated rings. The maximum absolute atomic E-state index is 7.46. The number of H-pyrrole nitrogens is 1. The number of rotatable bonds is 1. The summed E-state index contributed by atoms with van der Waals surface area (Å²) < 4.78 is 4.82. The van der Waals surface area contributed by atoms with Crippen LogP contribution in [0.4, 0.5) is 0 Å². The van der Waals surface area contributed by atoms with E-state index in [1.165, 1.54) is 7.11 Å². The molecule has 3 nitrogen and oxygen atoms in total. The number of aromatic nitrogens is 1. The maximum Gasteiger partial charge on any atom is 0.229 e. The van der Waals surface area contributed by atoms with Gasteiger partial charge >= 0.3 is 0 Å². The molecule has 0 atom stereocenters. The predicted octanol–water partition coefficient (Wildman–Crippen LogP) is 2.14. The number of methoxy groups -OCH3 is 1. The lowest BCUT2D eigenvalue weighted by Crippen LogP contribution is -2.00. The molecule has 2 rings (SSSR count). The molecular formula is C10H10N2O. The average Bonchev–Trinajstić information content (AvgIpc) is 2.59. The highest BCUT2D eigenvalue weighted by molar-refractivity contribution is 5.96. The van der Waals surface area contributed by atoms with Crippen molar-refractivity contribution < 1.29 is 4.74 Å². The molecule has 0 aliphatic heterocycles. The monoisotopic (exact) mass is 174 g/mol. The zero-order valence-electron chi connectivity index (χ0n) is 7.29. The molecule has 0 amide bonds. The van der Waals surface area contributed by atoms with Gasteiger partial charge in [-0.1, -0.05) is 18.2 Å². The van der Waals surface area contributed by atoms with E-state index in [1.54, 1.807) is 0 Å². The lowest BCUT2D eigenvalue weighted by Gasteiger charge is -1.96. The van der Waals surface area contributed by atoms with Gasteiger partial charge in [0.1, 0.15) is 5.69 Å². The number of hydrogen-bond donors (Lipinski definition) is 2. The van der Waals surface area contributed by atoms with Gasteiger partial charge in [-0.15, -0.1) is 0 Å². The van der Waals surface area contributed by atoms with E-state index in [0.29, 0.717) is 5.69 Å². The van der Waals surface area contributed by atoms with Crippen molar-refractivity contribution in [3.8, 4) is 0 Å². The molecule has 0 saturated heterocycles. The van der Waals surface area contributed by atoms with Crippen LogP contribution < -0.4 is 0 Å². The number of aromatic amines is 1. The Kier molecular flexibility index (Phi) is 1.77. The first-order chi connectivity index (χ1) is 6.31. The van der Waals surface area contributed by atoms with Gasteiger partial charge in [0.25, 0.3) is 0 Å². The highest BCUT2D eigenvalue weighted by Crippen LogP contribution is 2.14. The molecule has 0 spiro atoms. The third-order valence-electron chi connectivity index (χ3n) is 1.98. The molecular weight excluding hydrogens is 164 g/mol. The molecule has 66 valence electrons. The number of para-hydroxylation sites is 1. The number of benzene rings is 1. The fourth-order valence-electron chi connectivity index (χ4n) is 1.31. The molecule has 0 radical (unpaired) electrons. The number of hydrogen-bond acceptors (Lipinski definition) is 2. The Hall–Kier alpha value is -1.77. The van der Waals surface area contributed by atoms with Crippen LogP contribution in [0.2, 0.25) is 0 Å². The van der Waals surface area contributed by atoms with E-state index in [4.69, 9.17) is 10.1 Å². The molecule has 13 heavy (non-hydrogen) atoms. The van der Waals surface area contributed by atoms with Gasteiger partial charge in [0, 0.05) is 10.9 Å². The normalized spacial score (nSPS) is 10.2. The Balaban J connectivity index is 2.56. The molecule has 3 heteroatoms. The quantitative estimate of drug-likeness (QED) is 0.505. The van der Waals surface area contributed by atoms with E-state index >= 15 is 0 Å². The van der Waals surface area contributed by atoms with Crippen LogP contribution in [0.25, 0.3) is 10.9 Å². The van der Waals surface area contributed by atoms with Gasteiger partial charge in [-0.2, -0.15) is 0 Å². The van der Waals surface area contributed by atoms with E-state index in [-0.39, 0.29) is 5.90 Å². The first-order valence-electron chi connectivity index (χ1n) is 4.02. The van der Waals surface area contributed by atoms with E-state index < -0.39 is 0 Å². The van der Waals surface area contributed by atoms with Crippen LogP contribution in [0.15, 0.2) is 30.3 Å². The van der Waals surface area contributed by atoms with Crippen molar-refractivity contribution in [1.82, 2.24) is 4.98 Å². The Morgan fingerprint density at radius 3 is 2.85 bits per heavy atom. The van der Waals surface area contributed by atoms with Crippen LogP contribution in [0, 0.1) is 5.41 Å². The smallest absolute Gasteiger partial charge is 0.229 e. The summed E-state index contributed by atoms with van der Waals surface area (Å²) in [6.45, 7) is 0. The highest BCUT2D eigenvalue weighted by atomic mass is 16.5. The van der Waals surface area contributed by atoms with Crippen molar-refractivity contribution in [2.45, 2.75) is 0 Å². The Morgan fingerprint density at radius 2 is 2.15 bits per heavy atom. The van der Waals surface area contributed by atoms with Crippen LogP contribution in [0.1, 0.15) is 5.69 Å². The van der Waals surface area contributed by atoms with Crippen molar-refractivity contribution >= 4 is 16.8 Å². The van der Waals surface area contributed by atoms with Crippen LogP contribution in [0.5, 0.6) is 0 Å². The van der Waals surface area contributed by atoms with Crippen molar-refractivity contribution in [2.75, 3.05) is 7.11 Å². The van der Waals surface area contributed by atoms with E-state index in [0.717, 1.165) is 10.9 Å².